The molecule has 4 heteroatoms. The Morgan fingerprint density at radius 2 is 1.78 bits per heavy atom. The number of aldehydes is 1. The molecule has 0 fully saturated rings. The highest BCUT2D eigenvalue weighted by Gasteiger charge is 1.63. The van der Waals surface area contributed by atoms with E-state index in [-0.39, 0.29) is 0 Å². The lowest BCUT2D eigenvalue weighted by molar-refractivity contribution is -0.105. The number of hydrogen-bond donors (Lipinski definition) is 0. The molecule has 0 rings (SSSR count). The van der Waals surface area contributed by atoms with Crippen molar-refractivity contribution in [3.63, 3.8) is 0 Å². The smallest absolute Gasteiger partial charge is 0.145 e. The molecular weight excluding hydrogens is 188 g/mol. The molecule has 0 saturated carbocycles. The highest BCUT2D eigenvalue weighted by molar-refractivity contribution is 9.09. The van der Waals surface area contributed by atoms with Crippen molar-refractivity contribution in [2.75, 3.05) is 26.3 Å². The number of methoxy groups -OCH3 is 2. The maximum absolute atomic E-state index is 9.13. The number of carbonyl (C=O) groups excluding carboxylic acids is 1. The second kappa shape index (κ2) is 15.7. The first-order chi connectivity index (χ1) is 4.33. The third kappa shape index (κ3) is 31.5. The van der Waals surface area contributed by atoms with Gasteiger partial charge >= 0.3 is 0 Å². The third-order valence-corrected chi connectivity index (χ3v) is 0.563. The minimum absolute atomic E-state index is 0.389. The summed E-state index contributed by atoms with van der Waals surface area (Å²) in [5, 5.41) is 0.451. The van der Waals surface area contributed by atoms with Gasteiger partial charge in [-0.1, -0.05) is 15.9 Å². The first-order valence-corrected chi connectivity index (χ1v) is 3.43. The molecule has 0 spiro atoms. The molecule has 0 bridgehead atoms. The van der Waals surface area contributed by atoms with Crippen LogP contribution < -0.4 is 0 Å². The average molecular weight is 199 g/mol. The minimum Gasteiger partial charge on any atom is -0.359 e. The Bertz CT molecular complexity index is 47.5. The molecule has 0 aromatic rings. The summed E-state index contributed by atoms with van der Waals surface area (Å²) in [4.78, 5) is 9.13. The highest BCUT2D eigenvalue weighted by atomic mass is 79.9. The van der Waals surface area contributed by atoms with Crippen LogP contribution in [0.15, 0.2) is 0 Å². The lowest BCUT2D eigenvalue weighted by atomic mass is 11.0. The van der Waals surface area contributed by atoms with Crippen molar-refractivity contribution in [2.24, 2.45) is 0 Å². The maximum Gasteiger partial charge on any atom is 0.145 e. The monoisotopic (exact) mass is 198 g/mol. The van der Waals surface area contributed by atoms with Crippen LogP contribution in [0.3, 0.4) is 0 Å². The van der Waals surface area contributed by atoms with Gasteiger partial charge in [0, 0.05) is 14.2 Å². The van der Waals surface area contributed by atoms with Crippen molar-refractivity contribution in [1.82, 2.24) is 0 Å². The van der Waals surface area contributed by atoms with Crippen LogP contribution in [0.25, 0.3) is 0 Å². The van der Waals surface area contributed by atoms with Gasteiger partial charge in [0.15, 0.2) is 0 Å². The summed E-state index contributed by atoms with van der Waals surface area (Å²) in [6.45, 7) is 0.389. The predicted octanol–water partition coefficient (Wildman–Crippen LogP) is 0.817. The van der Waals surface area contributed by atoms with E-state index in [2.05, 4.69) is 25.4 Å². The maximum atomic E-state index is 9.13. The zero-order valence-electron chi connectivity index (χ0n) is 5.59. The van der Waals surface area contributed by atoms with E-state index in [1.165, 1.54) is 0 Å². The number of rotatable bonds is 3. The van der Waals surface area contributed by atoms with Gasteiger partial charge in [-0.15, -0.1) is 0 Å². The van der Waals surface area contributed by atoms with Gasteiger partial charge < -0.3 is 14.3 Å². The van der Waals surface area contributed by atoms with E-state index in [4.69, 9.17) is 4.79 Å². The van der Waals surface area contributed by atoms with E-state index in [1.54, 1.807) is 14.2 Å². The summed E-state index contributed by atoms with van der Waals surface area (Å²) in [7, 11) is 3.17. The molecule has 0 amide bonds. The topological polar surface area (TPSA) is 35.5 Å². The molecule has 0 aliphatic carbocycles. The van der Waals surface area contributed by atoms with E-state index < -0.39 is 0 Å². The summed E-state index contributed by atoms with van der Waals surface area (Å²) in [6, 6.07) is 0. The molecule has 0 aromatic carbocycles. The second-order valence-corrected chi connectivity index (χ2v) is 1.66. The zero-order valence-corrected chi connectivity index (χ0v) is 7.18. The molecule has 0 heterocycles. The van der Waals surface area contributed by atoms with E-state index in [9.17, 15) is 0 Å². The van der Waals surface area contributed by atoms with Crippen molar-refractivity contribution in [1.29, 1.82) is 0 Å². The van der Waals surface area contributed by atoms with Crippen molar-refractivity contribution in [3.8, 4) is 0 Å². The van der Waals surface area contributed by atoms with E-state index >= 15 is 0 Å². The molecule has 0 aliphatic rings. The fourth-order valence-corrected chi connectivity index (χ4v) is 0.118. The van der Waals surface area contributed by atoms with Crippen molar-refractivity contribution in [3.05, 3.63) is 0 Å². The van der Waals surface area contributed by atoms with Crippen LogP contribution in [-0.4, -0.2) is 32.6 Å². The van der Waals surface area contributed by atoms with Crippen LogP contribution >= 0.6 is 15.9 Å². The summed E-state index contributed by atoms with van der Waals surface area (Å²) in [6.07, 6.45) is 0.792. The van der Waals surface area contributed by atoms with Gasteiger partial charge in [-0.3, -0.25) is 0 Å². The molecular formula is C5H11BrO3. The Morgan fingerprint density at radius 1 is 1.44 bits per heavy atom. The number of carbonyl (C=O) groups is 1. The van der Waals surface area contributed by atoms with E-state index in [0.717, 1.165) is 6.29 Å². The molecule has 0 aliphatic heterocycles. The molecule has 0 atom stereocenters. The van der Waals surface area contributed by atoms with Gasteiger partial charge in [-0.2, -0.15) is 0 Å². The van der Waals surface area contributed by atoms with Crippen LogP contribution in [0.5, 0.6) is 0 Å². The molecule has 56 valence electrons. The minimum atomic E-state index is 0.389. The number of alkyl halides is 1. The predicted molar refractivity (Wildman–Crippen MR) is 38.7 cm³/mol. The summed E-state index contributed by atoms with van der Waals surface area (Å²) >= 11 is 2.88. The zero-order chi connectivity index (χ0) is 7.54. The SMILES string of the molecule is COCOC.O=CCBr. The van der Waals surface area contributed by atoms with Gasteiger partial charge in [0.2, 0.25) is 0 Å². The van der Waals surface area contributed by atoms with Gasteiger partial charge in [-0.25, -0.2) is 0 Å². The molecule has 0 unspecified atom stereocenters. The Kier molecular flexibility index (Phi) is 20.6. The van der Waals surface area contributed by atoms with Crippen LogP contribution in [0.2, 0.25) is 0 Å². The number of halogens is 1. The summed E-state index contributed by atoms with van der Waals surface area (Å²) in [5.41, 5.74) is 0. The van der Waals surface area contributed by atoms with Crippen LogP contribution in [0.4, 0.5) is 0 Å². The quantitative estimate of drug-likeness (QED) is 0.383. The fraction of sp³-hybridized carbons (Fsp3) is 0.800. The molecule has 3 nitrogen and oxygen atoms in total. The van der Waals surface area contributed by atoms with Crippen molar-refractivity contribution < 1.29 is 14.3 Å². The Balaban J connectivity index is 0. The molecule has 0 radical (unpaired) electrons. The lowest BCUT2D eigenvalue weighted by Crippen LogP contribution is -1.87. The first-order valence-electron chi connectivity index (χ1n) is 2.31. The summed E-state index contributed by atoms with van der Waals surface area (Å²) < 4.78 is 8.94. The lowest BCUT2D eigenvalue weighted by Gasteiger charge is -1.87. The van der Waals surface area contributed by atoms with Crippen molar-refractivity contribution >= 4 is 22.2 Å². The third-order valence-electron chi connectivity index (χ3n) is 0.299. The largest absolute Gasteiger partial charge is 0.359 e. The molecule has 0 aromatic heterocycles. The average Bonchev–Trinajstić information content (AvgIpc) is 1.91. The number of hydrogen-bond acceptors (Lipinski definition) is 3. The standard InChI is InChI=1S/C3H8O2.C2H3BrO/c1-4-3-5-2;3-1-2-4/h3H2,1-2H3;2H,1H2. The van der Waals surface area contributed by atoms with Crippen LogP contribution in [0, 0.1) is 0 Å². The second-order valence-electron chi connectivity index (χ2n) is 1.02. The first kappa shape index (κ1) is 11.8. The highest BCUT2D eigenvalue weighted by Crippen LogP contribution is 1.65. The van der Waals surface area contributed by atoms with Crippen molar-refractivity contribution in [2.45, 2.75) is 0 Å². The van der Waals surface area contributed by atoms with Gasteiger partial charge in [0.05, 0.1) is 5.33 Å². The Hall–Kier alpha value is 0.0700. The normalized spacial score (nSPS) is 7.44. The van der Waals surface area contributed by atoms with Crippen LogP contribution in [0.1, 0.15) is 0 Å². The summed E-state index contributed by atoms with van der Waals surface area (Å²) in [5.74, 6) is 0. The van der Waals surface area contributed by atoms with E-state index in [0.29, 0.717) is 12.1 Å². The van der Waals surface area contributed by atoms with E-state index in [1.807, 2.05) is 0 Å². The van der Waals surface area contributed by atoms with Gasteiger partial charge in [0.1, 0.15) is 13.1 Å². The Morgan fingerprint density at radius 3 is 1.78 bits per heavy atom. The van der Waals surface area contributed by atoms with Gasteiger partial charge in [0.25, 0.3) is 0 Å². The number of ether oxygens (including phenoxy) is 2. The fourth-order valence-electron chi connectivity index (χ4n) is 0.118. The van der Waals surface area contributed by atoms with Gasteiger partial charge in [-0.05, 0) is 0 Å². The van der Waals surface area contributed by atoms with Crippen LogP contribution in [-0.2, 0) is 14.3 Å². The Labute approximate surface area is 63.5 Å². The molecule has 9 heavy (non-hydrogen) atoms. The molecule has 0 N–H and O–H groups in total. The molecule has 0 saturated heterocycles.